The summed E-state index contributed by atoms with van der Waals surface area (Å²) < 4.78 is 0. The predicted octanol–water partition coefficient (Wildman–Crippen LogP) is 7.07. The van der Waals surface area contributed by atoms with E-state index in [4.69, 9.17) is 0 Å². The highest BCUT2D eigenvalue weighted by atomic mass is 16.4. The largest absolute Gasteiger partial charge is 0.478 e. The second kappa shape index (κ2) is 11.5. The van der Waals surface area contributed by atoms with E-state index < -0.39 is 5.97 Å². The van der Waals surface area contributed by atoms with Crippen molar-refractivity contribution < 1.29 is 9.90 Å². The van der Waals surface area contributed by atoms with Gasteiger partial charge in [-0.05, 0) is 18.2 Å². The first-order chi connectivity index (χ1) is 18.7. The number of benzene rings is 4. The molecule has 0 aliphatic carbocycles. The molecule has 38 heavy (non-hydrogen) atoms. The average Bonchev–Trinajstić information content (AvgIpc) is 2.98. The number of aromatic nitrogens is 2. The monoisotopic (exact) mass is 498 g/mol. The molecule has 1 aromatic heterocycles. The number of azo groups is 1. The van der Waals surface area contributed by atoms with E-state index in [9.17, 15) is 9.90 Å². The predicted molar refractivity (Wildman–Crippen MR) is 147 cm³/mol. The molecule has 0 unspecified atom stereocenters. The van der Waals surface area contributed by atoms with E-state index in [1.54, 1.807) is 18.2 Å². The van der Waals surface area contributed by atoms with Gasteiger partial charge in [-0.1, -0.05) is 103 Å². The number of amidine groups is 1. The Morgan fingerprint density at radius 2 is 1.21 bits per heavy atom. The maximum absolute atomic E-state index is 11.6. The van der Waals surface area contributed by atoms with Gasteiger partial charge in [-0.2, -0.15) is 5.10 Å². The highest BCUT2D eigenvalue weighted by Crippen LogP contribution is 2.25. The fraction of sp³-hybridized carbons (Fsp3) is 0. The number of hydrogen-bond donors (Lipinski definition) is 2. The van der Waals surface area contributed by atoms with Gasteiger partial charge in [0, 0.05) is 16.7 Å². The summed E-state index contributed by atoms with van der Waals surface area (Å²) in [5.74, 6) is -0.573. The summed E-state index contributed by atoms with van der Waals surface area (Å²) in [7, 11) is 0. The van der Waals surface area contributed by atoms with Crippen molar-refractivity contribution in [2.75, 3.05) is 5.43 Å². The zero-order valence-electron chi connectivity index (χ0n) is 20.1. The molecule has 5 aromatic rings. The van der Waals surface area contributed by atoms with Gasteiger partial charge in [0.2, 0.25) is 11.8 Å². The van der Waals surface area contributed by atoms with E-state index in [0.717, 1.165) is 22.5 Å². The summed E-state index contributed by atoms with van der Waals surface area (Å²) in [5, 5.41) is 22.4. The molecular weight excluding hydrogens is 476 g/mol. The Morgan fingerprint density at radius 3 is 1.79 bits per heavy atom. The van der Waals surface area contributed by atoms with Crippen molar-refractivity contribution in [3.8, 4) is 22.5 Å². The third-order valence-corrected chi connectivity index (χ3v) is 5.55. The molecule has 0 aliphatic rings. The molecule has 184 valence electrons. The van der Waals surface area contributed by atoms with Gasteiger partial charge in [-0.3, -0.25) is 0 Å². The Kier molecular flexibility index (Phi) is 7.32. The zero-order chi connectivity index (χ0) is 26.2. The van der Waals surface area contributed by atoms with Crippen molar-refractivity contribution in [1.29, 1.82) is 0 Å². The van der Waals surface area contributed by atoms with Crippen LogP contribution in [-0.4, -0.2) is 26.9 Å². The van der Waals surface area contributed by atoms with Crippen molar-refractivity contribution >= 4 is 23.4 Å². The molecule has 0 fully saturated rings. The SMILES string of the molecule is O=C(O)c1ccccc1N=N/C(=N/Nc1nc(-c2ccccc2)cc(-c2ccccc2)n1)c1ccccc1. The van der Waals surface area contributed by atoms with E-state index in [1.165, 1.54) is 6.07 Å². The lowest BCUT2D eigenvalue weighted by Crippen LogP contribution is -2.05. The van der Waals surface area contributed by atoms with Gasteiger partial charge in [-0.15, -0.1) is 10.2 Å². The van der Waals surface area contributed by atoms with Gasteiger partial charge in [0.1, 0.15) is 5.69 Å². The first-order valence-corrected chi connectivity index (χ1v) is 11.8. The lowest BCUT2D eigenvalue weighted by Gasteiger charge is -2.09. The zero-order valence-corrected chi connectivity index (χ0v) is 20.1. The Morgan fingerprint density at radius 1 is 0.684 bits per heavy atom. The number of aromatic carboxylic acids is 1. The molecule has 0 radical (unpaired) electrons. The first-order valence-electron chi connectivity index (χ1n) is 11.8. The van der Waals surface area contributed by atoms with Gasteiger partial charge < -0.3 is 5.11 Å². The second-order valence-corrected chi connectivity index (χ2v) is 8.13. The third kappa shape index (κ3) is 5.83. The Balaban J connectivity index is 1.54. The molecule has 0 amide bonds. The van der Waals surface area contributed by atoms with Crippen LogP contribution in [0, 0.1) is 0 Å². The van der Waals surface area contributed by atoms with Crippen molar-refractivity contribution in [2.45, 2.75) is 0 Å². The van der Waals surface area contributed by atoms with Gasteiger partial charge >= 0.3 is 5.97 Å². The lowest BCUT2D eigenvalue weighted by atomic mass is 10.1. The second-order valence-electron chi connectivity index (χ2n) is 8.13. The van der Waals surface area contributed by atoms with Crippen molar-refractivity contribution in [2.24, 2.45) is 15.3 Å². The molecule has 8 heteroatoms. The lowest BCUT2D eigenvalue weighted by molar-refractivity contribution is 0.0697. The number of nitrogens with one attached hydrogen (secondary N) is 1. The first kappa shape index (κ1) is 24.2. The van der Waals surface area contributed by atoms with Gasteiger partial charge in [0.15, 0.2) is 0 Å². The van der Waals surface area contributed by atoms with E-state index in [0.29, 0.717) is 5.56 Å². The van der Waals surface area contributed by atoms with Crippen LogP contribution in [0.15, 0.2) is 137 Å². The fourth-order valence-electron chi connectivity index (χ4n) is 3.69. The topological polar surface area (TPSA) is 112 Å². The minimum atomic E-state index is -1.09. The van der Waals surface area contributed by atoms with Gasteiger partial charge in [0.05, 0.1) is 17.0 Å². The summed E-state index contributed by atoms with van der Waals surface area (Å²) in [4.78, 5) is 20.9. The molecule has 0 bridgehead atoms. The minimum Gasteiger partial charge on any atom is -0.478 e. The summed E-state index contributed by atoms with van der Waals surface area (Å²) in [6.07, 6.45) is 0. The Bertz CT molecular complexity index is 1550. The maximum atomic E-state index is 11.6. The van der Waals surface area contributed by atoms with E-state index >= 15 is 0 Å². The van der Waals surface area contributed by atoms with Gasteiger partial charge in [0.25, 0.3) is 0 Å². The van der Waals surface area contributed by atoms with Crippen LogP contribution in [0.4, 0.5) is 11.6 Å². The van der Waals surface area contributed by atoms with E-state index in [2.05, 4.69) is 30.7 Å². The third-order valence-electron chi connectivity index (χ3n) is 5.55. The number of carboxylic acid groups (broad SMARTS) is 1. The molecule has 0 spiro atoms. The van der Waals surface area contributed by atoms with Crippen LogP contribution in [0.1, 0.15) is 15.9 Å². The summed E-state index contributed by atoms with van der Waals surface area (Å²) in [5.41, 5.74) is 7.22. The molecule has 0 saturated heterocycles. The number of rotatable bonds is 7. The van der Waals surface area contributed by atoms with Crippen LogP contribution in [-0.2, 0) is 0 Å². The number of carbonyl (C=O) groups is 1. The maximum Gasteiger partial charge on any atom is 0.337 e. The van der Waals surface area contributed by atoms with E-state index in [-0.39, 0.29) is 23.0 Å². The summed E-state index contributed by atoms with van der Waals surface area (Å²) in [6, 6.07) is 37.2. The molecule has 4 aromatic carbocycles. The van der Waals surface area contributed by atoms with E-state index in [1.807, 2.05) is 97.1 Å². The van der Waals surface area contributed by atoms with Crippen LogP contribution >= 0.6 is 0 Å². The molecular formula is C30H22N6O2. The number of anilines is 1. The highest BCUT2D eigenvalue weighted by molar-refractivity contribution is 6.00. The number of hydrazone groups is 1. The van der Waals surface area contributed by atoms with Crippen molar-refractivity contribution in [3.63, 3.8) is 0 Å². The average molecular weight is 499 g/mol. The van der Waals surface area contributed by atoms with Crippen molar-refractivity contribution in [1.82, 2.24) is 9.97 Å². The normalized spacial score (nSPS) is 11.4. The molecule has 0 aliphatic heterocycles. The molecule has 8 nitrogen and oxygen atoms in total. The fourth-order valence-corrected chi connectivity index (χ4v) is 3.69. The van der Waals surface area contributed by atoms with Crippen LogP contribution in [0.3, 0.4) is 0 Å². The van der Waals surface area contributed by atoms with Crippen LogP contribution < -0.4 is 5.43 Å². The van der Waals surface area contributed by atoms with Crippen LogP contribution in [0.5, 0.6) is 0 Å². The number of nitrogens with zero attached hydrogens (tertiary/aromatic N) is 5. The molecule has 5 rings (SSSR count). The van der Waals surface area contributed by atoms with Crippen LogP contribution in [0.25, 0.3) is 22.5 Å². The summed E-state index contributed by atoms with van der Waals surface area (Å²) in [6.45, 7) is 0. The smallest absolute Gasteiger partial charge is 0.337 e. The number of hydrogen-bond acceptors (Lipinski definition) is 6. The summed E-state index contributed by atoms with van der Waals surface area (Å²) >= 11 is 0. The quantitative estimate of drug-likeness (QED) is 0.108. The Hall–Kier alpha value is -5.50. The van der Waals surface area contributed by atoms with Crippen LogP contribution in [0.2, 0.25) is 0 Å². The molecule has 2 N–H and O–H groups in total. The number of carboxylic acids is 1. The molecule has 0 saturated carbocycles. The highest BCUT2D eigenvalue weighted by Gasteiger charge is 2.11. The Labute approximate surface area is 219 Å². The van der Waals surface area contributed by atoms with Crippen molar-refractivity contribution in [3.05, 3.63) is 132 Å². The molecule has 0 atom stereocenters. The van der Waals surface area contributed by atoms with Gasteiger partial charge in [-0.25, -0.2) is 20.2 Å². The standard InChI is InChI=1S/C30H22N6O2/c37-29(38)24-18-10-11-19-25(24)33-34-28(23-16-8-3-9-17-23)35-36-30-31-26(21-12-4-1-5-13-21)20-27(32-30)22-14-6-2-7-15-22/h1-20H,(H,37,38)(H,31,32,36)/b34-33?,35-28+. The molecule has 1 heterocycles. The minimum absolute atomic E-state index is 0.0445.